The van der Waals surface area contributed by atoms with E-state index >= 15 is 0 Å². The van der Waals surface area contributed by atoms with Crippen LogP contribution in [0, 0.1) is 0 Å². The third-order valence-electron chi connectivity index (χ3n) is 4.09. The van der Waals surface area contributed by atoms with Gasteiger partial charge in [0, 0.05) is 29.3 Å². The second kappa shape index (κ2) is 10.4. The molecule has 1 aromatic heterocycles. The van der Waals surface area contributed by atoms with Crippen LogP contribution < -0.4 is 15.4 Å². The van der Waals surface area contributed by atoms with Gasteiger partial charge in [-0.15, -0.1) is 0 Å². The number of hydrogen-bond donors (Lipinski definition) is 3. The van der Waals surface area contributed by atoms with E-state index in [0.717, 1.165) is 12.5 Å². The van der Waals surface area contributed by atoms with Gasteiger partial charge in [-0.25, -0.2) is 13.1 Å². The van der Waals surface area contributed by atoms with E-state index in [9.17, 15) is 18.0 Å². The van der Waals surface area contributed by atoms with Crippen LogP contribution in [0.3, 0.4) is 0 Å². The Morgan fingerprint density at radius 2 is 1.67 bits per heavy atom. The molecular weight excluding hydrogens is 486 g/mol. The largest absolute Gasteiger partial charge is 0.457 e. The molecule has 0 atom stereocenters. The van der Waals surface area contributed by atoms with E-state index in [-0.39, 0.29) is 10.0 Å². The molecular formula is C22H18ClN3O5S2. The molecule has 0 aliphatic heterocycles. The number of rotatable bonds is 6. The number of halogens is 1. The van der Waals surface area contributed by atoms with Gasteiger partial charge in [0.15, 0.2) is 5.11 Å². The highest BCUT2D eigenvalue weighted by Crippen LogP contribution is 2.24. The SMILES string of the molecule is CC(=O)NS(=O)(=O)c1ccc(NC(=S)NC(=O)C=Cc2ccc(-c3ccc(Cl)cc3)o2)cc1. The maximum Gasteiger partial charge on any atom is 0.264 e. The minimum Gasteiger partial charge on any atom is -0.457 e. The summed E-state index contributed by atoms with van der Waals surface area (Å²) in [5.74, 6) is -0.0653. The van der Waals surface area contributed by atoms with Crippen LogP contribution in [0.25, 0.3) is 17.4 Å². The summed E-state index contributed by atoms with van der Waals surface area (Å²) in [5.41, 5.74) is 1.30. The van der Waals surface area contributed by atoms with Crippen LogP contribution in [-0.2, 0) is 19.6 Å². The number of benzene rings is 2. The highest BCUT2D eigenvalue weighted by atomic mass is 35.5. The molecule has 3 N–H and O–H groups in total. The van der Waals surface area contributed by atoms with Gasteiger partial charge in [-0.05, 0) is 79.0 Å². The fourth-order valence-corrected chi connectivity index (χ4v) is 3.99. The number of thiocarbonyl (C=S) groups is 1. The van der Waals surface area contributed by atoms with Crippen molar-refractivity contribution in [1.82, 2.24) is 10.0 Å². The monoisotopic (exact) mass is 503 g/mol. The zero-order valence-electron chi connectivity index (χ0n) is 17.2. The molecule has 0 saturated heterocycles. The van der Waals surface area contributed by atoms with Gasteiger partial charge in [-0.2, -0.15) is 0 Å². The van der Waals surface area contributed by atoms with Crippen LogP contribution in [0.1, 0.15) is 12.7 Å². The van der Waals surface area contributed by atoms with E-state index in [1.807, 2.05) is 16.9 Å². The Labute approximate surface area is 200 Å². The molecule has 0 radical (unpaired) electrons. The first-order valence-corrected chi connectivity index (χ1v) is 11.7. The molecule has 0 spiro atoms. The van der Waals surface area contributed by atoms with Crippen molar-refractivity contribution in [1.29, 1.82) is 0 Å². The summed E-state index contributed by atoms with van der Waals surface area (Å²) >= 11 is 11.0. The van der Waals surface area contributed by atoms with Crippen molar-refractivity contribution in [2.45, 2.75) is 11.8 Å². The highest BCUT2D eigenvalue weighted by Gasteiger charge is 2.15. The average molecular weight is 504 g/mol. The van der Waals surface area contributed by atoms with Crippen molar-refractivity contribution < 1.29 is 22.4 Å². The van der Waals surface area contributed by atoms with E-state index in [4.69, 9.17) is 28.2 Å². The normalized spacial score (nSPS) is 11.2. The van der Waals surface area contributed by atoms with Crippen molar-refractivity contribution in [3.8, 4) is 11.3 Å². The van der Waals surface area contributed by atoms with Crippen LogP contribution in [0.15, 0.2) is 76.1 Å². The second-order valence-electron chi connectivity index (χ2n) is 6.67. The summed E-state index contributed by atoms with van der Waals surface area (Å²) in [6.45, 7) is 1.10. The molecule has 0 unspecified atom stereocenters. The standard InChI is InChI=1S/C22H18ClN3O5S2/c1-14(27)26-33(29,30)19-10-6-17(7-11-19)24-22(32)25-21(28)13-9-18-8-12-20(31-18)15-2-4-16(23)5-3-15/h2-13H,1H3,(H,26,27)(H2,24,25,28,32). The van der Waals surface area contributed by atoms with E-state index < -0.39 is 21.8 Å². The molecule has 11 heteroatoms. The molecule has 3 rings (SSSR count). The summed E-state index contributed by atoms with van der Waals surface area (Å²) < 4.78 is 31.5. The molecule has 1 heterocycles. The van der Waals surface area contributed by atoms with Gasteiger partial charge < -0.3 is 9.73 Å². The number of nitrogens with one attached hydrogen (secondary N) is 3. The lowest BCUT2D eigenvalue weighted by Gasteiger charge is -2.09. The third-order valence-corrected chi connectivity index (χ3v) is 6.00. The van der Waals surface area contributed by atoms with Gasteiger partial charge in [0.1, 0.15) is 11.5 Å². The molecule has 0 saturated carbocycles. The van der Waals surface area contributed by atoms with Crippen molar-refractivity contribution in [3.05, 3.63) is 77.5 Å². The van der Waals surface area contributed by atoms with Crippen molar-refractivity contribution >= 4 is 62.5 Å². The zero-order chi connectivity index (χ0) is 24.0. The summed E-state index contributed by atoms with van der Waals surface area (Å²) in [6, 6.07) is 16.2. The molecule has 2 amide bonds. The molecule has 170 valence electrons. The van der Waals surface area contributed by atoms with Gasteiger partial charge >= 0.3 is 0 Å². The molecule has 0 bridgehead atoms. The summed E-state index contributed by atoms with van der Waals surface area (Å²) in [5, 5.41) is 5.89. The fourth-order valence-electron chi connectivity index (χ4n) is 2.65. The smallest absolute Gasteiger partial charge is 0.264 e. The Kier molecular flexibility index (Phi) is 7.64. The minimum absolute atomic E-state index is 0.0171. The lowest BCUT2D eigenvalue weighted by atomic mass is 10.2. The number of anilines is 1. The Hall–Kier alpha value is -3.47. The van der Waals surface area contributed by atoms with Crippen LogP contribution in [0.2, 0.25) is 5.02 Å². The number of hydrogen-bond acceptors (Lipinski definition) is 6. The molecule has 8 nitrogen and oxygen atoms in total. The number of carbonyl (C=O) groups excluding carboxylic acids is 2. The van der Waals surface area contributed by atoms with Gasteiger partial charge in [-0.1, -0.05) is 11.6 Å². The molecule has 0 aliphatic carbocycles. The first-order valence-electron chi connectivity index (χ1n) is 9.42. The number of amides is 2. The van der Waals surface area contributed by atoms with Crippen LogP contribution in [0.5, 0.6) is 0 Å². The topological polar surface area (TPSA) is 118 Å². The number of sulfonamides is 1. The van der Waals surface area contributed by atoms with Crippen LogP contribution >= 0.6 is 23.8 Å². The Morgan fingerprint density at radius 3 is 2.30 bits per heavy atom. The van der Waals surface area contributed by atoms with Crippen LogP contribution in [-0.4, -0.2) is 25.3 Å². The Morgan fingerprint density at radius 1 is 1.00 bits per heavy atom. The predicted molar refractivity (Wildman–Crippen MR) is 130 cm³/mol. The maximum atomic E-state index is 12.1. The van der Waals surface area contributed by atoms with E-state index in [0.29, 0.717) is 22.2 Å². The molecule has 0 fully saturated rings. The van der Waals surface area contributed by atoms with Crippen molar-refractivity contribution in [2.24, 2.45) is 0 Å². The zero-order valence-corrected chi connectivity index (χ0v) is 19.6. The summed E-state index contributed by atoms with van der Waals surface area (Å²) in [6.07, 6.45) is 2.76. The van der Waals surface area contributed by atoms with E-state index in [1.165, 1.54) is 36.4 Å². The number of carbonyl (C=O) groups is 2. The summed E-state index contributed by atoms with van der Waals surface area (Å²) in [7, 11) is -3.93. The number of furan rings is 1. The fraction of sp³-hybridized carbons (Fsp3) is 0.0455. The maximum absolute atomic E-state index is 12.1. The van der Waals surface area contributed by atoms with Crippen molar-refractivity contribution in [2.75, 3.05) is 5.32 Å². The first-order chi connectivity index (χ1) is 15.6. The van der Waals surface area contributed by atoms with E-state index in [2.05, 4.69) is 10.6 Å². The molecule has 0 aliphatic rings. The van der Waals surface area contributed by atoms with Gasteiger partial charge in [0.25, 0.3) is 10.0 Å². The van der Waals surface area contributed by atoms with Gasteiger partial charge in [-0.3, -0.25) is 14.9 Å². The predicted octanol–water partition coefficient (Wildman–Crippen LogP) is 3.95. The van der Waals surface area contributed by atoms with Crippen LogP contribution in [0.4, 0.5) is 5.69 Å². The van der Waals surface area contributed by atoms with Crippen molar-refractivity contribution in [3.63, 3.8) is 0 Å². The van der Waals surface area contributed by atoms with Gasteiger partial charge in [0.2, 0.25) is 11.8 Å². The lowest BCUT2D eigenvalue weighted by molar-refractivity contribution is -0.117. The molecule has 3 aromatic rings. The van der Waals surface area contributed by atoms with E-state index in [1.54, 1.807) is 24.3 Å². The quantitative estimate of drug-likeness (QED) is 0.344. The second-order valence-corrected chi connectivity index (χ2v) is 9.20. The molecule has 33 heavy (non-hydrogen) atoms. The Bertz CT molecular complexity index is 1310. The lowest BCUT2D eigenvalue weighted by Crippen LogP contribution is -2.32. The highest BCUT2D eigenvalue weighted by molar-refractivity contribution is 7.90. The average Bonchev–Trinajstić information content (AvgIpc) is 3.21. The summed E-state index contributed by atoms with van der Waals surface area (Å²) in [4.78, 5) is 23.0. The minimum atomic E-state index is -3.93. The third kappa shape index (κ3) is 7.01. The Balaban J connectivity index is 1.54. The first kappa shape index (κ1) is 24.2. The molecule has 2 aromatic carbocycles. The van der Waals surface area contributed by atoms with Gasteiger partial charge in [0.05, 0.1) is 4.90 Å².